The van der Waals surface area contributed by atoms with Crippen LogP contribution in [-0.4, -0.2) is 23.7 Å². The fourth-order valence-electron chi connectivity index (χ4n) is 1.12. The molecule has 5 heteroatoms. The second kappa shape index (κ2) is 5.51. The van der Waals surface area contributed by atoms with Gasteiger partial charge in [-0.1, -0.05) is 31.9 Å². The first-order valence-electron chi connectivity index (χ1n) is 4.14. The minimum Gasteiger partial charge on any atom is -0.497 e. The van der Waals surface area contributed by atoms with Gasteiger partial charge >= 0.3 is 0 Å². The van der Waals surface area contributed by atoms with Crippen molar-refractivity contribution in [2.24, 2.45) is 0 Å². The predicted octanol–water partition coefficient (Wildman–Crippen LogP) is 3.00. The number of Topliss-reactive ketones (excluding diaryl/α,β-unsaturated/α-hetero) is 1. The molecule has 0 aliphatic heterocycles. The SMILES string of the molecule is COc1ccc(C(=O)C(Br)Br)c(OC)c1. The van der Waals surface area contributed by atoms with Crippen LogP contribution < -0.4 is 9.47 Å². The van der Waals surface area contributed by atoms with Crippen LogP contribution in [0.1, 0.15) is 10.4 Å². The number of benzene rings is 1. The average Bonchev–Trinajstić information content (AvgIpc) is 2.27. The topological polar surface area (TPSA) is 35.5 Å². The van der Waals surface area contributed by atoms with E-state index in [1.165, 1.54) is 7.11 Å². The van der Waals surface area contributed by atoms with Crippen LogP contribution in [0.4, 0.5) is 0 Å². The lowest BCUT2D eigenvalue weighted by molar-refractivity contribution is 0.101. The van der Waals surface area contributed by atoms with Gasteiger partial charge < -0.3 is 9.47 Å². The summed E-state index contributed by atoms with van der Waals surface area (Å²) in [6, 6.07) is 5.07. The largest absolute Gasteiger partial charge is 0.497 e. The van der Waals surface area contributed by atoms with Gasteiger partial charge in [0.05, 0.1) is 19.8 Å². The highest BCUT2D eigenvalue weighted by Crippen LogP contribution is 2.28. The fraction of sp³-hybridized carbons (Fsp3) is 0.300. The first kappa shape index (κ1) is 12.5. The molecule has 3 nitrogen and oxygen atoms in total. The average molecular weight is 338 g/mol. The van der Waals surface area contributed by atoms with Crippen LogP contribution in [0.15, 0.2) is 18.2 Å². The Kier molecular flexibility index (Phi) is 4.60. The maximum absolute atomic E-state index is 11.7. The summed E-state index contributed by atoms with van der Waals surface area (Å²) >= 11 is 6.31. The molecule has 0 radical (unpaired) electrons. The number of halogens is 2. The second-order valence-electron chi connectivity index (χ2n) is 2.73. The van der Waals surface area contributed by atoms with E-state index in [1.807, 2.05) is 0 Å². The summed E-state index contributed by atoms with van der Waals surface area (Å²) in [6.45, 7) is 0. The Labute approximate surface area is 105 Å². The number of hydrogen-bond donors (Lipinski definition) is 0. The van der Waals surface area contributed by atoms with Gasteiger partial charge in [0, 0.05) is 6.07 Å². The smallest absolute Gasteiger partial charge is 0.190 e. The molecule has 0 spiro atoms. The van der Waals surface area contributed by atoms with Crippen LogP contribution in [0.25, 0.3) is 0 Å². The number of carbonyl (C=O) groups excluding carboxylic acids is 1. The lowest BCUT2D eigenvalue weighted by Gasteiger charge is -2.09. The summed E-state index contributed by atoms with van der Waals surface area (Å²) < 4.78 is 9.74. The molecule has 0 fully saturated rings. The quantitative estimate of drug-likeness (QED) is 0.626. The van der Waals surface area contributed by atoms with Gasteiger partial charge in [0.25, 0.3) is 0 Å². The van der Waals surface area contributed by atoms with Crippen LogP contribution >= 0.6 is 31.9 Å². The highest BCUT2D eigenvalue weighted by molar-refractivity contribution is 9.25. The Hall–Kier alpha value is -0.550. The van der Waals surface area contributed by atoms with Crippen molar-refractivity contribution < 1.29 is 14.3 Å². The fourth-order valence-corrected chi connectivity index (χ4v) is 1.61. The number of carbonyl (C=O) groups is 1. The molecule has 0 saturated carbocycles. The number of ketones is 1. The van der Waals surface area contributed by atoms with E-state index in [0.717, 1.165) is 0 Å². The third-order valence-electron chi connectivity index (χ3n) is 1.87. The van der Waals surface area contributed by atoms with Gasteiger partial charge in [0.15, 0.2) is 5.78 Å². The molecule has 82 valence electrons. The second-order valence-corrected chi connectivity index (χ2v) is 5.79. The number of ether oxygens (including phenoxy) is 2. The first-order chi connectivity index (χ1) is 7.10. The van der Waals surface area contributed by atoms with E-state index in [1.54, 1.807) is 25.3 Å². The van der Waals surface area contributed by atoms with Crippen LogP contribution in [0.5, 0.6) is 11.5 Å². The van der Waals surface area contributed by atoms with E-state index < -0.39 is 3.74 Å². The molecule has 0 atom stereocenters. The van der Waals surface area contributed by atoms with Crippen LogP contribution in [0, 0.1) is 0 Å². The monoisotopic (exact) mass is 336 g/mol. The van der Waals surface area contributed by atoms with E-state index in [0.29, 0.717) is 17.1 Å². The molecule has 0 saturated heterocycles. The van der Waals surface area contributed by atoms with E-state index in [2.05, 4.69) is 31.9 Å². The molecule has 0 heterocycles. The van der Waals surface area contributed by atoms with Crippen molar-refractivity contribution in [3.63, 3.8) is 0 Å². The first-order valence-corrected chi connectivity index (χ1v) is 5.97. The molecule has 0 aromatic heterocycles. The summed E-state index contributed by atoms with van der Waals surface area (Å²) in [7, 11) is 3.08. The highest BCUT2D eigenvalue weighted by atomic mass is 79.9. The zero-order valence-electron chi connectivity index (χ0n) is 8.29. The number of hydrogen-bond acceptors (Lipinski definition) is 3. The summed E-state index contributed by atoms with van der Waals surface area (Å²) in [5, 5.41) is 0. The Balaban J connectivity index is 3.13. The number of methoxy groups -OCH3 is 2. The van der Waals surface area contributed by atoms with Crippen LogP contribution in [0.3, 0.4) is 0 Å². The zero-order valence-corrected chi connectivity index (χ0v) is 11.5. The molecule has 0 N–H and O–H groups in total. The van der Waals surface area contributed by atoms with Crippen LogP contribution in [0.2, 0.25) is 0 Å². The predicted molar refractivity (Wildman–Crippen MR) is 65.5 cm³/mol. The molecule has 0 bridgehead atoms. The maximum atomic E-state index is 11.7. The normalized spacial score (nSPS) is 10.2. The number of rotatable bonds is 4. The van der Waals surface area contributed by atoms with E-state index >= 15 is 0 Å². The lowest BCUT2D eigenvalue weighted by Crippen LogP contribution is -2.08. The molecule has 1 aromatic carbocycles. The Morgan fingerprint density at radius 3 is 2.40 bits per heavy atom. The van der Waals surface area contributed by atoms with E-state index in [4.69, 9.17) is 9.47 Å². The van der Waals surface area contributed by atoms with Gasteiger partial charge in [-0.15, -0.1) is 0 Å². The van der Waals surface area contributed by atoms with Crippen molar-refractivity contribution in [1.29, 1.82) is 0 Å². The molecule has 1 aromatic rings. The molecular formula is C10H10Br2O3. The van der Waals surface area contributed by atoms with Gasteiger partial charge in [0.2, 0.25) is 0 Å². The Bertz CT molecular complexity index is 364. The summed E-state index contributed by atoms with van der Waals surface area (Å²) in [5.41, 5.74) is 0.511. The summed E-state index contributed by atoms with van der Waals surface area (Å²) in [6.07, 6.45) is 0. The van der Waals surface area contributed by atoms with Crippen molar-refractivity contribution in [3.8, 4) is 11.5 Å². The van der Waals surface area contributed by atoms with E-state index in [9.17, 15) is 4.79 Å². The molecule has 15 heavy (non-hydrogen) atoms. The van der Waals surface area contributed by atoms with Crippen molar-refractivity contribution in [2.75, 3.05) is 14.2 Å². The Morgan fingerprint density at radius 1 is 1.27 bits per heavy atom. The standard InChI is InChI=1S/C10H10Br2O3/c1-14-6-3-4-7(8(5-6)15-2)9(13)10(11)12/h3-5,10H,1-2H3. The third kappa shape index (κ3) is 2.95. The molecule has 0 unspecified atom stereocenters. The molecule has 0 amide bonds. The molecule has 0 aliphatic rings. The highest BCUT2D eigenvalue weighted by Gasteiger charge is 2.18. The lowest BCUT2D eigenvalue weighted by atomic mass is 10.1. The maximum Gasteiger partial charge on any atom is 0.190 e. The molecule has 1 rings (SSSR count). The summed E-state index contributed by atoms with van der Waals surface area (Å²) in [4.78, 5) is 11.7. The van der Waals surface area contributed by atoms with Gasteiger partial charge in [-0.25, -0.2) is 0 Å². The van der Waals surface area contributed by atoms with Crippen LogP contribution in [-0.2, 0) is 0 Å². The third-order valence-corrected chi connectivity index (χ3v) is 2.70. The van der Waals surface area contributed by atoms with Gasteiger partial charge in [-0.2, -0.15) is 0 Å². The molecular weight excluding hydrogens is 328 g/mol. The van der Waals surface area contributed by atoms with E-state index in [-0.39, 0.29) is 5.78 Å². The summed E-state index contributed by atoms with van der Waals surface area (Å²) in [5.74, 6) is 1.07. The number of alkyl halides is 2. The Morgan fingerprint density at radius 2 is 1.93 bits per heavy atom. The van der Waals surface area contributed by atoms with Gasteiger partial charge in [-0.3, -0.25) is 4.79 Å². The van der Waals surface area contributed by atoms with Crippen molar-refractivity contribution in [2.45, 2.75) is 3.74 Å². The van der Waals surface area contributed by atoms with Crippen molar-refractivity contribution in [3.05, 3.63) is 23.8 Å². The molecule has 0 aliphatic carbocycles. The van der Waals surface area contributed by atoms with Gasteiger partial charge in [-0.05, 0) is 12.1 Å². The zero-order chi connectivity index (χ0) is 11.4. The van der Waals surface area contributed by atoms with Gasteiger partial charge in [0.1, 0.15) is 15.2 Å². The van der Waals surface area contributed by atoms with Crippen molar-refractivity contribution >= 4 is 37.6 Å². The minimum absolute atomic E-state index is 0.0884. The van der Waals surface area contributed by atoms with Crippen molar-refractivity contribution in [1.82, 2.24) is 0 Å². The minimum atomic E-state index is -0.410.